The van der Waals surface area contributed by atoms with Gasteiger partial charge >= 0.3 is 5.97 Å². The Labute approximate surface area is 178 Å². The maximum absolute atomic E-state index is 13.1. The second-order valence-corrected chi connectivity index (χ2v) is 7.19. The van der Waals surface area contributed by atoms with E-state index in [4.69, 9.17) is 10.5 Å². The Balaban J connectivity index is 1.49. The first-order chi connectivity index (χ1) is 14.8. The molecule has 9 heteroatoms. The highest BCUT2D eigenvalue weighted by molar-refractivity contribution is 5.96. The molecule has 3 rings (SSSR count). The van der Waals surface area contributed by atoms with Gasteiger partial charge in [0.05, 0.1) is 5.92 Å². The van der Waals surface area contributed by atoms with Crippen molar-refractivity contribution in [1.82, 2.24) is 4.90 Å². The molecule has 0 spiro atoms. The smallest absolute Gasteiger partial charge is 0.311 e. The summed E-state index contributed by atoms with van der Waals surface area (Å²) in [6, 6.07) is 11.2. The van der Waals surface area contributed by atoms with Crippen LogP contribution >= 0.6 is 0 Å². The van der Waals surface area contributed by atoms with E-state index in [0.717, 1.165) is 0 Å². The number of piperidine rings is 1. The molecular formula is C22H22FN3O5. The van der Waals surface area contributed by atoms with E-state index < -0.39 is 36.1 Å². The van der Waals surface area contributed by atoms with Crippen LogP contribution < -0.4 is 11.1 Å². The minimum absolute atomic E-state index is 0.172. The number of ether oxygens (including phenoxy) is 1. The van der Waals surface area contributed by atoms with Crippen LogP contribution in [-0.4, -0.2) is 48.3 Å². The highest BCUT2D eigenvalue weighted by Gasteiger charge is 2.30. The molecule has 162 valence electrons. The van der Waals surface area contributed by atoms with Crippen LogP contribution in [0.3, 0.4) is 0 Å². The molecule has 2 aromatic rings. The van der Waals surface area contributed by atoms with E-state index in [2.05, 4.69) is 5.32 Å². The fourth-order valence-electron chi connectivity index (χ4n) is 3.30. The number of hydrogen-bond acceptors (Lipinski definition) is 5. The molecular weight excluding hydrogens is 405 g/mol. The van der Waals surface area contributed by atoms with Gasteiger partial charge in [-0.05, 0) is 61.4 Å². The van der Waals surface area contributed by atoms with E-state index >= 15 is 0 Å². The van der Waals surface area contributed by atoms with Crippen LogP contribution in [0.25, 0.3) is 0 Å². The van der Waals surface area contributed by atoms with Crippen LogP contribution in [0.2, 0.25) is 0 Å². The number of primary amides is 1. The molecule has 1 aliphatic heterocycles. The lowest BCUT2D eigenvalue weighted by molar-refractivity contribution is -0.152. The summed E-state index contributed by atoms with van der Waals surface area (Å²) in [6.07, 6.45) is 1.16. The summed E-state index contributed by atoms with van der Waals surface area (Å²) >= 11 is 0. The lowest BCUT2D eigenvalue weighted by Gasteiger charge is -2.31. The predicted octanol–water partition coefficient (Wildman–Crippen LogP) is 1.96. The van der Waals surface area contributed by atoms with E-state index in [1.54, 1.807) is 0 Å². The van der Waals surface area contributed by atoms with Gasteiger partial charge in [-0.2, -0.15) is 0 Å². The van der Waals surface area contributed by atoms with Gasteiger partial charge in [-0.1, -0.05) is 0 Å². The average molecular weight is 427 g/mol. The van der Waals surface area contributed by atoms with Crippen molar-refractivity contribution in [3.05, 3.63) is 65.5 Å². The number of esters is 1. The number of nitrogens with one attached hydrogen (secondary N) is 1. The van der Waals surface area contributed by atoms with Crippen LogP contribution in [0.5, 0.6) is 0 Å². The first kappa shape index (κ1) is 21.9. The van der Waals surface area contributed by atoms with E-state index in [1.165, 1.54) is 53.4 Å². The Bertz CT molecular complexity index is 976. The minimum atomic E-state index is -0.578. The summed E-state index contributed by atoms with van der Waals surface area (Å²) in [4.78, 5) is 49.6. The number of likely N-dealkylation sites (tertiary alicyclic amines) is 1. The van der Waals surface area contributed by atoms with Crippen molar-refractivity contribution in [2.45, 2.75) is 12.8 Å². The number of hydrogen-bond donors (Lipinski definition) is 2. The van der Waals surface area contributed by atoms with Crippen LogP contribution in [0.15, 0.2) is 48.5 Å². The van der Waals surface area contributed by atoms with Gasteiger partial charge in [0.25, 0.3) is 11.8 Å². The lowest BCUT2D eigenvalue weighted by Crippen LogP contribution is -2.43. The number of rotatable bonds is 6. The zero-order valence-electron chi connectivity index (χ0n) is 16.7. The highest BCUT2D eigenvalue weighted by Crippen LogP contribution is 2.20. The summed E-state index contributed by atoms with van der Waals surface area (Å²) in [6.45, 7) is 0.186. The number of amides is 3. The fraction of sp³-hybridized carbons (Fsp3) is 0.273. The molecule has 3 amide bonds. The molecule has 0 aliphatic carbocycles. The van der Waals surface area contributed by atoms with Crippen molar-refractivity contribution in [3.8, 4) is 0 Å². The highest BCUT2D eigenvalue weighted by atomic mass is 19.1. The Morgan fingerprint density at radius 3 is 2.32 bits per heavy atom. The lowest BCUT2D eigenvalue weighted by atomic mass is 9.97. The summed E-state index contributed by atoms with van der Waals surface area (Å²) in [5.41, 5.74) is 6.24. The van der Waals surface area contributed by atoms with E-state index in [9.17, 15) is 23.6 Å². The van der Waals surface area contributed by atoms with Crippen molar-refractivity contribution in [2.75, 3.05) is 25.0 Å². The molecule has 0 aromatic heterocycles. The van der Waals surface area contributed by atoms with Crippen LogP contribution in [0, 0.1) is 11.7 Å². The van der Waals surface area contributed by atoms with Gasteiger partial charge in [-0.15, -0.1) is 0 Å². The molecule has 31 heavy (non-hydrogen) atoms. The van der Waals surface area contributed by atoms with Crippen LogP contribution in [0.4, 0.5) is 10.1 Å². The molecule has 8 nitrogen and oxygen atoms in total. The zero-order valence-corrected chi connectivity index (χ0v) is 16.7. The number of halogens is 1. The summed E-state index contributed by atoms with van der Waals surface area (Å²) in [7, 11) is 0. The van der Waals surface area contributed by atoms with Crippen LogP contribution in [-0.2, 0) is 14.3 Å². The molecule has 1 fully saturated rings. The molecule has 1 atom stereocenters. The molecule has 2 aromatic carbocycles. The van der Waals surface area contributed by atoms with Gasteiger partial charge < -0.3 is 20.7 Å². The number of benzene rings is 2. The molecule has 1 saturated heterocycles. The Morgan fingerprint density at radius 2 is 1.68 bits per heavy atom. The second kappa shape index (κ2) is 9.84. The van der Waals surface area contributed by atoms with Gasteiger partial charge in [0, 0.05) is 29.9 Å². The maximum atomic E-state index is 13.1. The summed E-state index contributed by atoms with van der Waals surface area (Å²) in [5.74, 6) is -2.92. The Morgan fingerprint density at radius 1 is 1.03 bits per heavy atom. The number of nitrogens with zero attached hydrogens (tertiary/aromatic N) is 1. The predicted molar refractivity (Wildman–Crippen MR) is 110 cm³/mol. The third kappa shape index (κ3) is 5.88. The number of anilines is 1. The molecule has 3 N–H and O–H groups in total. The quantitative estimate of drug-likeness (QED) is 0.683. The number of nitrogens with two attached hydrogens (primary N) is 1. The second-order valence-electron chi connectivity index (χ2n) is 7.19. The standard InChI is InChI=1S/C22H22FN3O5/c23-17-7-3-15(4-8-17)21(29)26-11-1-2-16(12-26)22(30)31-13-19(27)25-18-9-5-14(6-10-18)20(24)28/h3-10,16H,1-2,11-13H2,(H2,24,28)(H,25,27). The van der Waals surface area contributed by atoms with Gasteiger partial charge in [0.1, 0.15) is 5.82 Å². The first-order valence-electron chi connectivity index (χ1n) is 9.74. The van der Waals surface area contributed by atoms with Gasteiger partial charge in [-0.25, -0.2) is 4.39 Å². The number of carbonyl (C=O) groups is 4. The normalized spacial score (nSPS) is 15.8. The van der Waals surface area contributed by atoms with E-state index in [1.807, 2.05) is 0 Å². The average Bonchev–Trinajstić information content (AvgIpc) is 2.78. The molecule has 0 bridgehead atoms. The minimum Gasteiger partial charge on any atom is -0.455 e. The van der Waals surface area contributed by atoms with Gasteiger partial charge in [0.2, 0.25) is 5.91 Å². The van der Waals surface area contributed by atoms with Gasteiger partial charge in [-0.3, -0.25) is 19.2 Å². The molecule has 1 aliphatic rings. The Kier molecular flexibility index (Phi) is 6.96. The van der Waals surface area contributed by atoms with Crippen molar-refractivity contribution < 1.29 is 28.3 Å². The third-order valence-electron chi connectivity index (χ3n) is 4.93. The SMILES string of the molecule is NC(=O)c1ccc(NC(=O)COC(=O)C2CCCN(C(=O)c3ccc(F)cc3)C2)cc1. The van der Waals surface area contributed by atoms with Crippen LogP contribution in [0.1, 0.15) is 33.6 Å². The topological polar surface area (TPSA) is 119 Å². The largest absolute Gasteiger partial charge is 0.455 e. The summed E-state index contributed by atoms with van der Waals surface area (Å²) < 4.78 is 18.2. The van der Waals surface area contributed by atoms with Crippen molar-refractivity contribution in [2.24, 2.45) is 11.7 Å². The van der Waals surface area contributed by atoms with Crippen molar-refractivity contribution in [1.29, 1.82) is 0 Å². The van der Waals surface area contributed by atoms with Crippen molar-refractivity contribution >= 4 is 29.4 Å². The molecule has 1 unspecified atom stereocenters. The first-order valence-corrected chi connectivity index (χ1v) is 9.74. The number of carbonyl (C=O) groups excluding carboxylic acids is 4. The molecule has 1 heterocycles. The van der Waals surface area contributed by atoms with E-state index in [0.29, 0.717) is 36.2 Å². The fourth-order valence-corrected chi connectivity index (χ4v) is 3.30. The molecule has 0 radical (unpaired) electrons. The third-order valence-corrected chi connectivity index (χ3v) is 4.93. The summed E-state index contributed by atoms with van der Waals surface area (Å²) in [5, 5.41) is 2.56. The maximum Gasteiger partial charge on any atom is 0.311 e. The van der Waals surface area contributed by atoms with Crippen molar-refractivity contribution in [3.63, 3.8) is 0 Å². The zero-order chi connectivity index (χ0) is 22.4. The molecule has 0 saturated carbocycles. The van der Waals surface area contributed by atoms with E-state index in [-0.39, 0.29) is 12.5 Å². The van der Waals surface area contributed by atoms with Gasteiger partial charge in [0.15, 0.2) is 6.61 Å². The monoisotopic (exact) mass is 427 g/mol. The Hall–Kier alpha value is -3.75.